The lowest BCUT2D eigenvalue weighted by Gasteiger charge is -2.64. The van der Waals surface area contributed by atoms with Crippen molar-refractivity contribution in [2.75, 3.05) is 7.11 Å². The number of aliphatic hydroxyl groups excluding tert-OH is 2. The number of carbonyl (C=O) groups is 1. The molecule has 6 nitrogen and oxygen atoms in total. The summed E-state index contributed by atoms with van der Waals surface area (Å²) in [5.41, 5.74) is 9.31. The molecule has 2 N–H and O–H groups in total. The molecule has 1 aromatic heterocycles. The Labute approximate surface area is 298 Å². The van der Waals surface area contributed by atoms with Crippen LogP contribution in [0.15, 0.2) is 48.1 Å². The van der Waals surface area contributed by atoms with Crippen molar-refractivity contribution in [3.8, 4) is 0 Å². The quantitative estimate of drug-likeness (QED) is 0.146. The summed E-state index contributed by atoms with van der Waals surface area (Å²) in [6.07, 6.45) is 13.0. The number of esters is 1. The molecule has 8 rings (SSSR count). The van der Waals surface area contributed by atoms with Crippen molar-refractivity contribution in [3.63, 3.8) is 0 Å². The standard InChI is InChI=1S/C44H57NO5/c1-23(2)31-21-29-34-26(30-22-40(4,5)50-41(6,7)35(30)37(34)47)20-27-28-19-25-14-15-32-42(8,17-12-13-24(3)39(48)49-11)33(46)16-18-43(32,9)44(25,10)38(28)45(31)36(27)29/h12-13,17,20,22,25,31-33,35,37,46-47H,1,14-16,18-19,21H2,2-11H3/b17-12+,24-13-/t25-,31+,32-,33-,35+,37+,42-,43-,44+/m0/s1. The topological polar surface area (TPSA) is 80.9 Å². The van der Waals surface area contributed by atoms with Crippen molar-refractivity contribution < 1.29 is 24.5 Å². The van der Waals surface area contributed by atoms with Crippen molar-refractivity contribution in [3.05, 3.63) is 76.0 Å². The van der Waals surface area contributed by atoms with Crippen molar-refractivity contribution in [1.29, 1.82) is 0 Å². The number of hydrogen-bond donors (Lipinski definition) is 2. The molecule has 0 spiro atoms. The first-order chi connectivity index (χ1) is 23.3. The van der Waals surface area contributed by atoms with Gasteiger partial charge < -0.3 is 24.3 Å². The van der Waals surface area contributed by atoms with E-state index >= 15 is 0 Å². The van der Waals surface area contributed by atoms with E-state index in [1.54, 1.807) is 6.92 Å². The number of hydrogen-bond acceptors (Lipinski definition) is 5. The second kappa shape index (κ2) is 10.6. The van der Waals surface area contributed by atoms with Crippen LogP contribution >= 0.6 is 0 Å². The third-order valence-electron chi connectivity index (χ3n) is 15.1. The number of fused-ring (bicyclic) bond motifs is 11. The van der Waals surface area contributed by atoms with E-state index in [0.717, 1.165) is 49.7 Å². The van der Waals surface area contributed by atoms with Gasteiger partial charge in [-0.1, -0.05) is 51.2 Å². The maximum absolute atomic E-state index is 12.2. The number of benzene rings is 1. The highest BCUT2D eigenvalue weighted by molar-refractivity contribution is 5.97. The minimum absolute atomic E-state index is 0.0680. The van der Waals surface area contributed by atoms with Crippen molar-refractivity contribution >= 4 is 22.4 Å². The number of aliphatic hydroxyl groups is 2. The first kappa shape index (κ1) is 34.2. The highest BCUT2D eigenvalue weighted by Gasteiger charge is 2.67. The van der Waals surface area contributed by atoms with E-state index in [9.17, 15) is 15.0 Å². The Morgan fingerprint density at radius 3 is 2.44 bits per heavy atom. The lowest BCUT2D eigenvalue weighted by atomic mass is 9.40. The zero-order valence-corrected chi connectivity index (χ0v) is 31.9. The van der Waals surface area contributed by atoms with Gasteiger partial charge in [-0.3, -0.25) is 0 Å². The van der Waals surface area contributed by atoms with Gasteiger partial charge in [0.1, 0.15) is 0 Å². The fourth-order valence-electron chi connectivity index (χ4n) is 12.8. The Hall–Kier alpha value is -2.93. The van der Waals surface area contributed by atoms with Gasteiger partial charge in [0.2, 0.25) is 0 Å². The smallest absolute Gasteiger partial charge is 0.333 e. The van der Waals surface area contributed by atoms with E-state index in [1.165, 1.54) is 46.0 Å². The fraction of sp³-hybridized carbons (Fsp3) is 0.614. The molecule has 3 heterocycles. The Morgan fingerprint density at radius 2 is 1.76 bits per heavy atom. The highest BCUT2D eigenvalue weighted by Crippen LogP contribution is 2.71. The summed E-state index contributed by atoms with van der Waals surface area (Å²) < 4.78 is 14.2. The number of carbonyl (C=O) groups excluding carboxylic acids is 1. The first-order valence-electron chi connectivity index (χ1n) is 18.9. The van der Waals surface area contributed by atoms with Crippen LogP contribution in [0.5, 0.6) is 0 Å². The SMILES string of the molecule is C=C(C)[C@H]1Cc2c3c(cc4c5c(n1c24)[C@@]1(C)[C@@H](CC[C@H]2[C@](C)(/C=C/C=C(/C)C(=O)OC)[C@@H](O)CC[C@@]21C)C5)C1=CC(C)(C)OC(C)(C)[C@H]1[C@@H]3O. The number of rotatable bonds is 4. The molecule has 9 atom stereocenters. The minimum Gasteiger partial charge on any atom is -0.466 e. The van der Waals surface area contributed by atoms with Crippen LogP contribution in [0.3, 0.4) is 0 Å². The number of allylic oxidation sites excluding steroid dienone is 3. The van der Waals surface area contributed by atoms with Crippen LogP contribution in [0.1, 0.15) is 128 Å². The van der Waals surface area contributed by atoms with E-state index in [4.69, 9.17) is 9.47 Å². The Bertz CT molecular complexity index is 1960. The lowest BCUT2D eigenvalue weighted by Crippen LogP contribution is -2.62. The maximum atomic E-state index is 12.2. The third-order valence-corrected chi connectivity index (χ3v) is 15.1. The summed E-state index contributed by atoms with van der Waals surface area (Å²) in [6.45, 7) is 24.4. The first-order valence-corrected chi connectivity index (χ1v) is 18.9. The molecule has 0 bridgehead atoms. The van der Waals surface area contributed by atoms with Gasteiger partial charge in [0.25, 0.3) is 0 Å². The summed E-state index contributed by atoms with van der Waals surface area (Å²) in [5.74, 6) is 0.325. The average molecular weight is 680 g/mol. The third kappa shape index (κ3) is 4.16. The average Bonchev–Trinajstić information content (AvgIpc) is 3.73. The number of ether oxygens (including phenoxy) is 2. The molecule has 2 aliphatic heterocycles. The molecule has 2 aromatic rings. The predicted molar refractivity (Wildman–Crippen MR) is 199 cm³/mol. The van der Waals surface area contributed by atoms with Crippen LogP contribution < -0.4 is 0 Å². The van der Waals surface area contributed by atoms with Gasteiger partial charge in [0.05, 0.1) is 42.1 Å². The summed E-state index contributed by atoms with van der Waals surface area (Å²) in [4.78, 5) is 12.1. The van der Waals surface area contributed by atoms with Gasteiger partial charge in [0, 0.05) is 33.4 Å². The number of methoxy groups -OCH3 is 1. The van der Waals surface area contributed by atoms with E-state index in [1.807, 2.05) is 12.2 Å². The Kier molecular flexibility index (Phi) is 7.23. The second-order valence-electron chi connectivity index (χ2n) is 18.6. The summed E-state index contributed by atoms with van der Waals surface area (Å²) in [6, 6.07) is 2.59. The number of nitrogens with zero attached hydrogens (tertiary/aromatic N) is 1. The molecular formula is C44H57NO5. The van der Waals surface area contributed by atoms with Gasteiger partial charge in [-0.2, -0.15) is 0 Å². The van der Waals surface area contributed by atoms with E-state index in [0.29, 0.717) is 11.5 Å². The monoisotopic (exact) mass is 679 g/mol. The fourth-order valence-corrected chi connectivity index (χ4v) is 12.8. The molecule has 50 heavy (non-hydrogen) atoms. The normalized spacial score (nSPS) is 39.1. The summed E-state index contributed by atoms with van der Waals surface area (Å²) in [7, 11) is 1.41. The van der Waals surface area contributed by atoms with E-state index in [2.05, 4.69) is 84.8 Å². The minimum atomic E-state index is -0.618. The lowest BCUT2D eigenvalue weighted by molar-refractivity contribution is -0.145. The van der Waals surface area contributed by atoms with Crippen LogP contribution in [0.2, 0.25) is 0 Å². The summed E-state index contributed by atoms with van der Waals surface area (Å²) >= 11 is 0. The van der Waals surface area contributed by atoms with Crippen LogP contribution in [-0.2, 0) is 32.5 Å². The number of aromatic nitrogens is 1. The van der Waals surface area contributed by atoms with Gasteiger partial charge in [-0.25, -0.2) is 4.79 Å². The zero-order chi connectivity index (χ0) is 36.1. The van der Waals surface area contributed by atoms with Gasteiger partial charge in [-0.15, -0.1) is 0 Å². The molecule has 2 saturated carbocycles. The van der Waals surface area contributed by atoms with Crippen molar-refractivity contribution in [2.24, 2.45) is 28.6 Å². The molecule has 4 aliphatic carbocycles. The Morgan fingerprint density at radius 1 is 1.04 bits per heavy atom. The highest BCUT2D eigenvalue weighted by atomic mass is 16.5. The van der Waals surface area contributed by atoms with Crippen LogP contribution in [-0.4, -0.2) is 45.2 Å². The molecule has 0 saturated heterocycles. The van der Waals surface area contributed by atoms with E-state index < -0.39 is 28.8 Å². The molecule has 0 amide bonds. The van der Waals surface area contributed by atoms with Gasteiger partial charge in [-0.05, 0) is 137 Å². The van der Waals surface area contributed by atoms with Crippen molar-refractivity contribution in [2.45, 2.75) is 136 Å². The van der Waals surface area contributed by atoms with Gasteiger partial charge in [0.15, 0.2) is 0 Å². The zero-order valence-electron chi connectivity index (χ0n) is 31.9. The van der Waals surface area contributed by atoms with Crippen molar-refractivity contribution in [1.82, 2.24) is 4.57 Å². The molecular weight excluding hydrogens is 622 g/mol. The van der Waals surface area contributed by atoms with Crippen LogP contribution in [0.25, 0.3) is 16.5 Å². The molecule has 6 aliphatic rings. The van der Waals surface area contributed by atoms with Crippen LogP contribution in [0.4, 0.5) is 0 Å². The van der Waals surface area contributed by atoms with Gasteiger partial charge >= 0.3 is 5.97 Å². The molecule has 0 unspecified atom stereocenters. The second-order valence-corrected chi connectivity index (χ2v) is 18.6. The molecule has 1 aromatic carbocycles. The molecule has 6 heteroatoms. The molecule has 268 valence electrons. The van der Waals surface area contributed by atoms with E-state index in [-0.39, 0.29) is 34.7 Å². The Balaban J connectivity index is 1.32. The predicted octanol–water partition coefficient (Wildman–Crippen LogP) is 8.63. The largest absolute Gasteiger partial charge is 0.466 e. The maximum Gasteiger partial charge on any atom is 0.333 e. The molecule has 0 radical (unpaired) electrons. The summed E-state index contributed by atoms with van der Waals surface area (Å²) in [5, 5.41) is 25.3. The molecule has 2 fully saturated rings. The van der Waals surface area contributed by atoms with Crippen LogP contribution in [0, 0.1) is 28.6 Å².